The van der Waals surface area contributed by atoms with Crippen LogP contribution in [0, 0.1) is 0 Å². The minimum Gasteiger partial charge on any atom is -0.463 e. The van der Waals surface area contributed by atoms with Crippen LogP contribution in [0.25, 0.3) is 16.5 Å². The highest BCUT2D eigenvalue weighted by atomic mass is 32.2. The Morgan fingerprint density at radius 2 is 1.50 bits per heavy atom. The number of aliphatic hydroxyl groups excluding tert-OH is 1. The van der Waals surface area contributed by atoms with Crippen molar-refractivity contribution in [3.63, 3.8) is 0 Å². The van der Waals surface area contributed by atoms with Crippen LogP contribution >= 0.6 is 11.8 Å². The van der Waals surface area contributed by atoms with Gasteiger partial charge in [-0.1, -0.05) is 113 Å². The molecule has 1 aliphatic rings. The monoisotopic (exact) mass is 675 g/mol. The summed E-state index contributed by atoms with van der Waals surface area (Å²) in [7, 11) is 1.90. The molecule has 1 N–H and O–H groups in total. The number of carbonyl (C=O) groups excluding carboxylic acids is 2. The second kappa shape index (κ2) is 21.1. The number of hydrogen-bond acceptors (Lipinski definition) is 8. The summed E-state index contributed by atoms with van der Waals surface area (Å²) in [5.41, 5.74) is 3.09. The minimum atomic E-state index is -1.07. The van der Waals surface area contributed by atoms with E-state index in [0.29, 0.717) is 17.5 Å². The van der Waals surface area contributed by atoms with Crippen molar-refractivity contribution in [2.24, 2.45) is 0 Å². The fraction of sp³-hybridized carbons (Fsp3) is 0.579. The number of ether oxygens (including phenoxy) is 2. The quantitative estimate of drug-likeness (QED) is 0.0352. The number of aromatic nitrogens is 3. The summed E-state index contributed by atoms with van der Waals surface area (Å²) in [5, 5.41) is 21.8. The largest absolute Gasteiger partial charge is 0.463 e. The van der Waals surface area contributed by atoms with Gasteiger partial charge in [-0.25, -0.2) is 0 Å². The van der Waals surface area contributed by atoms with Crippen molar-refractivity contribution in [1.82, 2.24) is 14.8 Å². The van der Waals surface area contributed by atoms with Crippen molar-refractivity contribution in [3.05, 3.63) is 54.1 Å². The van der Waals surface area contributed by atoms with Crippen LogP contribution in [-0.4, -0.2) is 64.7 Å². The second-order valence-corrected chi connectivity index (χ2v) is 13.9. The van der Waals surface area contributed by atoms with Crippen molar-refractivity contribution in [1.29, 1.82) is 0 Å². The van der Waals surface area contributed by atoms with E-state index < -0.39 is 12.1 Å². The molecule has 1 heterocycles. The van der Waals surface area contributed by atoms with E-state index in [1.807, 2.05) is 18.5 Å². The van der Waals surface area contributed by atoms with E-state index in [4.69, 9.17) is 9.47 Å². The van der Waals surface area contributed by atoms with Gasteiger partial charge in [0.1, 0.15) is 19.3 Å². The summed E-state index contributed by atoms with van der Waals surface area (Å²) in [5.74, 6) is -0.177. The number of esters is 2. The Balaban J connectivity index is 1.05. The topological polar surface area (TPSA) is 104 Å². The van der Waals surface area contributed by atoms with Crippen molar-refractivity contribution in [2.75, 3.05) is 19.0 Å². The zero-order chi connectivity index (χ0) is 34.0. The molecule has 0 bridgehead atoms. The first-order valence-electron chi connectivity index (χ1n) is 18.2. The molecule has 260 valence electrons. The lowest BCUT2D eigenvalue weighted by molar-refractivity contribution is -0.151. The first-order chi connectivity index (χ1) is 23.5. The molecular formula is C38H54BN3O5S. The van der Waals surface area contributed by atoms with Gasteiger partial charge in [-0.05, 0) is 67.9 Å². The molecule has 1 unspecified atom stereocenters. The molecule has 0 amide bonds. The zero-order valence-electron chi connectivity index (χ0n) is 29.0. The van der Waals surface area contributed by atoms with Crippen LogP contribution in [0.3, 0.4) is 0 Å². The Hall–Kier alpha value is -3.11. The molecule has 0 radical (unpaired) electrons. The molecule has 3 aromatic rings. The highest BCUT2D eigenvalue weighted by molar-refractivity contribution is 7.99. The Morgan fingerprint density at radius 1 is 0.875 bits per heavy atom. The highest BCUT2D eigenvalue weighted by Gasteiger charge is 2.26. The molecule has 48 heavy (non-hydrogen) atoms. The van der Waals surface area contributed by atoms with Gasteiger partial charge >= 0.3 is 11.9 Å². The first kappa shape index (κ1) is 37.7. The lowest BCUT2D eigenvalue weighted by Crippen LogP contribution is -2.26. The predicted octanol–water partition coefficient (Wildman–Crippen LogP) is 7.13. The molecule has 10 heteroatoms. The average Bonchev–Trinajstić information content (AvgIpc) is 3.88. The molecule has 1 aliphatic carbocycles. The molecule has 1 aromatic heterocycles. The van der Waals surface area contributed by atoms with Crippen LogP contribution in [0.1, 0.15) is 121 Å². The Kier molecular flexibility index (Phi) is 16.6. The molecule has 0 saturated heterocycles. The van der Waals surface area contributed by atoms with Gasteiger partial charge < -0.3 is 14.6 Å². The van der Waals surface area contributed by atoms with Gasteiger partial charge in [-0.2, -0.15) is 0 Å². The Labute approximate surface area is 291 Å². The Morgan fingerprint density at radius 3 is 2.19 bits per heavy atom. The first-order valence-corrected chi connectivity index (χ1v) is 19.2. The van der Waals surface area contributed by atoms with E-state index in [9.17, 15) is 14.7 Å². The van der Waals surface area contributed by atoms with E-state index >= 15 is 0 Å². The lowest BCUT2D eigenvalue weighted by Gasteiger charge is -2.15. The summed E-state index contributed by atoms with van der Waals surface area (Å²) in [4.78, 5) is 24.6. The summed E-state index contributed by atoms with van der Waals surface area (Å²) < 4.78 is 12.4. The van der Waals surface area contributed by atoms with Crippen LogP contribution in [0.15, 0.2) is 53.7 Å². The van der Waals surface area contributed by atoms with E-state index in [1.165, 1.54) is 93.3 Å². The van der Waals surface area contributed by atoms with Crippen LogP contribution in [0.5, 0.6) is 0 Å². The molecule has 0 aliphatic heterocycles. The normalized spacial score (nSPS) is 13.7. The van der Waals surface area contributed by atoms with E-state index in [1.54, 1.807) is 0 Å². The molecule has 4 rings (SSSR count). The third kappa shape index (κ3) is 12.7. The van der Waals surface area contributed by atoms with Gasteiger partial charge in [0.15, 0.2) is 13.0 Å². The van der Waals surface area contributed by atoms with Gasteiger partial charge in [0.05, 0.1) is 17.2 Å². The summed E-state index contributed by atoms with van der Waals surface area (Å²) in [6, 6.07) is 12.7. The SMILES string of the molecule is Bc1nnc(SCC(=O)OCC(O)COC(=O)CCCCCCC/C=C\CCCCCCCC)n1-c1ccc(C2CC2)c2ccccc12. The summed E-state index contributed by atoms with van der Waals surface area (Å²) in [6.45, 7) is 1.82. The van der Waals surface area contributed by atoms with Gasteiger partial charge in [0, 0.05) is 11.8 Å². The number of rotatable bonds is 24. The molecule has 1 atom stereocenters. The molecule has 2 aromatic carbocycles. The summed E-state index contributed by atoms with van der Waals surface area (Å²) >= 11 is 1.24. The van der Waals surface area contributed by atoms with E-state index in [0.717, 1.165) is 42.5 Å². The van der Waals surface area contributed by atoms with Crippen molar-refractivity contribution in [3.8, 4) is 5.69 Å². The second-order valence-electron chi connectivity index (χ2n) is 13.0. The number of unbranched alkanes of at least 4 members (excludes halogenated alkanes) is 11. The minimum absolute atomic E-state index is 0.0121. The average molecular weight is 676 g/mol. The molecular weight excluding hydrogens is 621 g/mol. The van der Waals surface area contributed by atoms with Crippen LogP contribution < -0.4 is 5.72 Å². The number of thioether (sulfide) groups is 1. The molecule has 1 fully saturated rings. The van der Waals surface area contributed by atoms with Gasteiger partial charge in [-0.3, -0.25) is 14.2 Å². The van der Waals surface area contributed by atoms with Crippen molar-refractivity contribution >= 4 is 48.0 Å². The maximum Gasteiger partial charge on any atom is 0.316 e. The van der Waals surface area contributed by atoms with Gasteiger partial charge in [0.25, 0.3) is 0 Å². The van der Waals surface area contributed by atoms with Crippen LogP contribution in [-0.2, 0) is 19.1 Å². The molecule has 8 nitrogen and oxygen atoms in total. The molecule has 1 saturated carbocycles. The maximum absolute atomic E-state index is 12.5. The summed E-state index contributed by atoms with van der Waals surface area (Å²) in [6.07, 6.45) is 22.0. The lowest BCUT2D eigenvalue weighted by atomic mass is 9.99. The third-order valence-corrected chi connectivity index (χ3v) is 9.73. The number of carbonyl (C=O) groups is 2. The van der Waals surface area contributed by atoms with E-state index in [2.05, 4.69) is 59.6 Å². The predicted molar refractivity (Wildman–Crippen MR) is 197 cm³/mol. The fourth-order valence-electron chi connectivity index (χ4n) is 5.97. The Bertz CT molecular complexity index is 1460. The standard InChI is InChI=1S/C38H54BN3O5S/c1-2-3-4-5-6-7-8-9-10-11-12-13-14-15-16-21-35(44)46-26-30(43)27-47-36(45)28-48-38-41-40-37(39)42(38)34-25-24-31(29-22-23-29)32-19-17-18-20-33(32)34/h9-10,17-20,24-25,29-30,43H,2-8,11-16,21-23,26-28,39H2,1H3/b10-9-. The van der Waals surface area contributed by atoms with Crippen LogP contribution in [0.4, 0.5) is 0 Å². The van der Waals surface area contributed by atoms with Gasteiger partial charge in [0.2, 0.25) is 0 Å². The number of nitrogens with zero attached hydrogens (tertiary/aromatic N) is 3. The third-order valence-electron chi connectivity index (χ3n) is 8.82. The fourth-order valence-corrected chi connectivity index (χ4v) is 6.76. The van der Waals surface area contributed by atoms with Crippen molar-refractivity contribution in [2.45, 2.75) is 127 Å². The van der Waals surface area contributed by atoms with Gasteiger partial charge in [-0.15, -0.1) is 10.2 Å². The number of fused-ring (bicyclic) bond motifs is 1. The number of hydrogen-bond donors (Lipinski definition) is 1. The highest BCUT2D eigenvalue weighted by Crippen LogP contribution is 2.44. The number of aliphatic hydroxyl groups is 1. The van der Waals surface area contributed by atoms with Crippen LogP contribution in [0.2, 0.25) is 0 Å². The molecule has 0 spiro atoms. The number of allylic oxidation sites excluding steroid dienone is 2. The maximum atomic E-state index is 12.5. The number of benzene rings is 2. The smallest absolute Gasteiger partial charge is 0.316 e. The van der Waals surface area contributed by atoms with E-state index in [-0.39, 0.29) is 24.9 Å². The zero-order valence-corrected chi connectivity index (χ0v) is 29.9. The van der Waals surface area contributed by atoms with Crippen molar-refractivity contribution < 1.29 is 24.2 Å².